The first-order valence-corrected chi connectivity index (χ1v) is 12.6. The van der Waals surface area contributed by atoms with Crippen LogP contribution in [0.1, 0.15) is 46.4 Å². The molecule has 3 aliphatic rings. The Morgan fingerprint density at radius 2 is 1.78 bits per heavy atom. The zero-order chi connectivity index (χ0) is 24.9. The summed E-state index contributed by atoms with van der Waals surface area (Å²) in [5, 5.41) is 8.29. The van der Waals surface area contributed by atoms with Gasteiger partial charge in [0.2, 0.25) is 5.91 Å². The van der Waals surface area contributed by atoms with Gasteiger partial charge in [-0.1, -0.05) is 24.3 Å². The molecule has 2 aromatic carbocycles. The third-order valence-electron chi connectivity index (χ3n) is 7.75. The minimum absolute atomic E-state index is 0.00713. The molecule has 0 spiro atoms. The molecule has 3 aromatic rings. The third kappa shape index (κ3) is 3.83. The Labute approximate surface area is 208 Å². The van der Waals surface area contributed by atoms with Crippen molar-refractivity contribution in [3.63, 3.8) is 0 Å². The third-order valence-corrected chi connectivity index (χ3v) is 7.75. The minimum Gasteiger partial charge on any atom is -0.492 e. The monoisotopic (exact) mass is 487 g/mol. The molecular weight excluding hydrogens is 458 g/mol. The molecule has 3 N–H and O–H groups in total. The molecule has 2 aliphatic heterocycles. The zero-order valence-electron chi connectivity index (χ0n) is 20.1. The van der Waals surface area contributed by atoms with Gasteiger partial charge in [-0.2, -0.15) is 5.10 Å². The van der Waals surface area contributed by atoms with Crippen molar-refractivity contribution in [2.75, 3.05) is 32.8 Å². The Balaban J connectivity index is 1.24. The van der Waals surface area contributed by atoms with E-state index < -0.39 is 5.54 Å². The number of ether oxygens (including phenoxy) is 1. The van der Waals surface area contributed by atoms with Gasteiger partial charge in [-0.05, 0) is 42.5 Å². The number of hydrogen-bond acceptors (Lipinski definition) is 6. The molecule has 1 aromatic heterocycles. The number of nitrogens with one attached hydrogen (secondary N) is 1. The number of nitrogens with two attached hydrogens (primary N) is 1. The van der Waals surface area contributed by atoms with Gasteiger partial charge in [0.25, 0.3) is 11.5 Å². The van der Waals surface area contributed by atoms with E-state index in [0.717, 1.165) is 47.9 Å². The van der Waals surface area contributed by atoms with E-state index in [9.17, 15) is 14.4 Å². The number of carbonyl (C=O) groups excluding carboxylic acids is 2. The van der Waals surface area contributed by atoms with E-state index in [1.54, 1.807) is 15.9 Å². The van der Waals surface area contributed by atoms with E-state index >= 15 is 0 Å². The first-order chi connectivity index (χ1) is 17.4. The van der Waals surface area contributed by atoms with Crippen molar-refractivity contribution >= 4 is 22.6 Å². The average Bonchev–Trinajstić information content (AvgIpc) is 3.36. The number of nitrogens with zero attached hydrogens (tertiary/aromatic N) is 3. The lowest BCUT2D eigenvalue weighted by Crippen LogP contribution is -2.62. The fourth-order valence-electron chi connectivity index (χ4n) is 5.50. The normalized spacial score (nSPS) is 18.5. The summed E-state index contributed by atoms with van der Waals surface area (Å²) in [5.74, 6) is 0.567. The first-order valence-electron chi connectivity index (χ1n) is 12.6. The fourth-order valence-corrected chi connectivity index (χ4v) is 5.50. The number of piperazine rings is 1. The maximum Gasteiger partial charge on any atom is 0.272 e. The number of benzene rings is 2. The predicted octanol–water partition coefficient (Wildman–Crippen LogP) is 1.61. The predicted molar refractivity (Wildman–Crippen MR) is 134 cm³/mol. The highest BCUT2D eigenvalue weighted by Crippen LogP contribution is 2.34. The smallest absolute Gasteiger partial charge is 0.272 e. The second-order valence-corrected chi connectivity index (χ2v) is 10.0. The van der Waals surface area contributed by atoms with Crippen LogP contribution in [-0.2, 0) is 17.6 Å². The van der Waals surface area contributed by atoms with Crippen molar-refractivity contribution in [2.24, 2.45) is 5.73 Å². The fraction of sp³-hybridized carbons (Fsp3) is 0.407. The van der Waals surface area contributed by atoms with E-state index in [1.807, 2.05) is 24.3 Å². The molecule has 3 heterocycles. The van der Waals surface area contributed by atoms with Crippen LogP contribution in [0.25, 0.3) is 10.8 Å². The van der Waals surface area contributed by atoms with Crippen LogP contribution < -0.4 is 16.0 Å². The average molecular weight is 488 g/mol. The van der Waals surface area contributed by atoms with Crippen LogP contribution in [-0.4, -0.2) is 70.1 Å². The number of aromatic amines is 1. The molecule has 2 fully saturated rings. The molecule has 186 valence electrons. The maximum atomic E-state index is 13.6. The van der Waals surface area contributed by atoms with Crippen LogP contribution in [0, 0.1) is 0 Å². The lowest BCUT2D eigenvalue weighted by molar-refractivity contribution is -0.141. The molecule has 36 heavy (non-hydrogen) atoms. The lowest BCUT2D eigenvalue weighted by atomic mass is 9.76. The number of amides is 2. The summed E-state index contributed by atoms with van der Waals surface area (Å²) in [6, 6.07) is 11.3. The Morgan fingerprint density at radius 1 is 1.06 bits per heavy atom. The van der Waals surface area contributed by atoms with Crippen LogP contribution in [0.5, 0.6) is 5.75 Å². The van der Waals surface area contributed by atoms with E-state index in [1.165, 1.54) is 0 Å². The lowest BCUT2D eigenvalue weighted by Gasteiger charge is -2.43. The number of fused-ring (bicyclic) bond motifs is 2. The first kappa shape index (κ1) is 22.7. The highest BCUT2D eigenvalue weighted by molar-refractivity contribution is 5.98. The summed E-state index contributed by atoms with van der Waals surface area (Å²) in [5.41, 5.74) is 8.55. The van der Waals surface area contributed by atoms with Gasteiger partial charge in [-0.15, -0.1) is 0 Å². The molecule has 6 rings (SSSR count). The van der Waals surface area contributed by atoms with Crippen molar-refractivity contribution < 1.29 is 14.3 Å². The van der Waals surface area contributed by atoms with Crippen LogP contribution in [0.3, 0.4) is 0 Å². The van der Waals surface area contributed by atoms with Crippen LogP contribution in [0.2, 0.25) is 0 Å². The van der Waals surface area contributed by atoms with Gasteiger partial charge in [0.1, 0.15) is 5.75 Å². The largest absolute Gasteiger partial charge is 0.492 e. The van der Waals surface area contributed by atoms with Crippen molar-refractivity contribution in [3.05, 3.63) is 69.1 Å². The number of rotatable bonds is 4. The summed E-state index contributed by atoms with van der Waals surface area (Å²) in [4.78, 5) is 42.2. The van der Waals surface area contributed by atoms with Gasteiger partial charge in [0.15, 0.2) is 0 Å². The number of aromatic nitrogens is 2. The summed E-state index contributed by atoms with van der Waals surface area (Å²) in [7, 11) is 0. The molecule has 0 radical (unpaired) electrons. The topological polar surface area (TPSA) is 122 Å². The zero-order valence-corrected chi connectivity index (χ0v) is 20.1. The Hall–Kier alpha value is -3.72. The maximum absolute atomic E-state index is 13.6. The molecule has 1 saturated heterocycles. The molecule has 2 amide bonds. The van der Waals surface area contributed by atoms with E-state index in [0.29, 0.717) is 55.9 Å². The molecule has 9 heteroatoms. The van der Waals surface area contributed by atoms with Gasteiger partial charge in [0.05, 0.1) is 28.8 Å². The summed E-state index contributed by atoms with van der Waals surface area (Å²) in [6.07, 6.45) is 3.68. The highest BCUT2D eigenvalue weighted by atomic mass is 16.5. The summed E-state index contributed by atoms with van der Waals surface area (Å²) >= 11 is 0. The van der Waals surface area contributed by atoms with Crippen LogP contribution >= 0.6 is 0 Å². The Morgan fingerprint density at radius 3 is 2.50 bits per heavy atom. The van der Waals surface area contributed by atoms with Crippen molar-refractivity contribution in [3.8, 4) is 5.75 Å². The second-order valence-electron chi connectivity index (χ2n) is 10.0. The van der Waals surface area contributed by atoms with Crippen LogP contribution in [0.15, 0.2) is 41.2 Å². The summed E-state index contributed by atoms with van der Waals surface area (Å²) in [6.45, 7) is 2.44. The minimum atomic E-state index is -0.713. The molecular formula is C27H29N5O4. The van der Waals surface area contributed by atoms with Gasteiger partial charge in [-0.3, -0.25) is 14.4 Å². The molecule has 1 aliphatic carbocycles. The van der Waals surface area contributed by atoms with Gasteiger partial charge < -0.3 is 20.3 Å². The standard InChI is InChI=1S/C27H29N5O4/c28-27(7-3-8-27)26(35)32-11-9-31(10-12-32)25(34)21-15-17(14-18-6-13-36-23(18)21)16-22-19-4-1-2-5-20(19)24(33)30-29-22/h1-2,4-5,14-15H,3,6-13,16,28H2,(H,30,33). The number of hydrogen-bond donors (Lipinski definition) is 2. The summed E-state index contributed by atoms with van der Waals surface area (Å²) < 4.78 is 5.87. The van der Waals surface area contributed by atoms with Gasteiger partial charge in [-0.25, -0.2) is 5.10 Å². The molecule has 0 unspecified atom stereocenters. The van der Waals surface area contributed by atoms with Crippen molar-refractivity contribution in [2.45, 2.75) is 37.6 Å². The second kappa shape index (κ2) is 8.74. The van der Waals surface area contributed by atoms with Crippen molar-refractivity contribution in [1.82, 2.24) is 20.0 Å². The van der Waals surface area contributed by atoms with E-state index in [4.69, 9.17) is 10.5 Å². The quantitative estimate of drug-likeness (QED) is 0.577. The Kier molecular flexibility index (Phi) is 5.52. The van der Waals surface area contributed by atoms with Crippen LogP contribution in [0.4, 0.5) is 0 Å². The number of carbonyl (C=O) groups is 2. The Bertz CT molecular complexity index is 1420. The molecule has 0 bridgehead atoms. The molecule has 1 saturated carbocycles. The van der Waals surface area contributed by atoms with Gasteiger partial charge >= 0.3 is 0 Å². The van der Waals surface area contributed by atoms with E-state index in [2.05, 4.69) is 16.3 Å². The highest BCUT2D eigenvalue weighted by Gasteiger charge is 2.43. The molecule has 9 nitrogen and oxygen atoms in total. The van der Waals surface area contributed by atoms with Crippen molar-refractivity contribution in [1.29, 1.82) is 0 Å². The van der Waals surface area contributed by atoms with E-state index in [-0.39, 0.29) is 17.4 Å². The number of H-pyrrole nitrogens is 1. The molecule has 0 atom stereocenters. The van der Waals surface area contributed by atoms with Gasteiger partial charge in [0, 0.05) is 44.4 Å². The SMILES string of the molecule is NC1(C(=O)N2CCN(C(=O)c3cc(Cc4n[nH]c(=O)c5ccccc45)cc4c3OCC4)CC2)CCC1.